The summed E-state index contributed by atoms with van der Waals surface area (Å²) in [6, 6.07) is 7.25. The number of esters is 1. The number of carbonyl (C=O) groups excluding carboxylic acids is 4. The van der Waals surface area contributed by atoms with Crippen LogP contribution in [0.4, 0.5) is 4.79 Å². The van der Waals surface area contributed by atoms with E-state index in [0.29, 0.717) is 12.8 Å². The van der Waals surface area contributed by atoms with Gasteiger partial charge in [0, 0.05) is 0 Å². The molecule has 1 saturated heterocycles. The summed E-state index contributed by atoms with van der Waals surface area (Å²) in [5.74, 6) is -1.64. The maximum atomic E-state index is 12.5. The van der Waals surface area contributed by atoms with Gasteiger partial charge < -0.3 is 15.4 Å². The number of amides is 4. The van der Waals surface area contributed by atoms with Crippen molar-refractivity contribution in [3.8, 4) is 0 Å². The van der Waals surface area contributed by atoms with E-state index in [1.54, 1.807) is 13.8 Å². The monoisotopic (exact) mass is 401 g/mol. The Labute approximate surface area is 170 Å². The Morgan fingerprint density at radius 1 is 1.24 bits per heavy atom. The van der Waals surface area contributed by atoms with Gasteiger partial charge in [0.25, 0.3) is 11.8 Å². The minimum absolute atomic E-state index is 0.105. The summed E-state index contributed by atoms with van der Waals surface area (Å²) in [6.07, 6.45) is 3.66. The summed E-state index contributed by atoms with van der Waals surface area (Å²) in [5, 5.41) is 5.55. The third-order valence-corrected chi connectivity index (χ3v) is 5.81. The van der Waals surface area contributed by atoms with E-state index in [1.165, 1.54) is 5.56 Å². The van der Waals surface area contributed by atoms with E-state index in [1.807, 2.05) is 18.2 Å². The molecule has 1 aliphatic heterocycles. The van der Waals surface area contributed by atoms with Crippen molar-refractivity contribution >= 4 is 23.8 Å². The predicted molar refractivity (Wildman–Crippen MR) is 105 cm³/mol. The van der Waals surface area contributed by atoms with Gasteiger partial charge in [0.05, 0.1) is 6.04 Å². The number of fused-ring (bicyclic) bond motifs is 1. The van der Waals surface area contributed by atoms with E-state index in [2.05, 4.69) is 16.7 Å². The lowest BCUT2D eigenvalue weighted by Gasteiger charge is -2.26. The first-order valence-electron chi connectivity index (χ1n) is 10.1. The number of hydrogen-bond donors (Lipinski definition) is 2. The van der Waals surface area contributed by atoms with E-state index < -0.39 is 42.5 Å². The molecule has 0 saturated carbocycles. The predicted octanol–water partition coefficient (Wildman–Crippen LogP) is 1.83. The first-order valence-corrected chi connectivity index (χ1v) is 10.1. The first kappa shape index (κ1) is 20.8. The summed E-state index contributed by atoms with van der Waals surface area (Å²) in [5.41, 5.74) is 1.34. The molecule has 2 N–H and O–H groups in total. The Morgan fingerprint density at radius 2 is 1.97 bits per heavy atom. The molecule has 2 aliphatic rings. The van der Waals surface area contributed by atoms with Crippen LogP contribution in [-0.2, 0) is 25.5 Å². The fourth-order valence-electron chi connectivity index (χ4n) is 4.01. The number of imide groups is 1. The standard InChI is InChI=1S/C21H27N3O5/c1-3-21(4-2)19(27)24(20(28)23-21)12-18(26)29-13-17(25)22-16-11-7-9-14-8-5-6-10-15(14)16/h5-6,8,10,16H,3-4,7,9,11-13H2,1-2H3,(H,22,25)(H,23,28)/t16-/m1/s1. The van der Waals surface area contributed by atoms with E-state index >= 15 is 0 Å². The van der Waals surface area contributed by atoms with Crippen molar-refractivity contribution in [2.75, 3.05) is 13.2 Å². The van der Waals surface area contributed by atoms with Gasteiger partial charge >= 0.3 is 12.0 Å². The van der Waals surface area contributed by atoms with Crippen molar-refractivity contribution in [3.63, 3.8) is 0 Å². The molecule has 0 aromatic heterocycles. The molecule has 1 fully saturated rings. The minimum Gasteiger partial charge on any atom is -0.454 e. The average molecular weight is 401 g/mol. The molecule has 29 heavy (non-hydrogen) atoms. The van der Waals surface area contributed by atoms with Crippen molar-refractivity contribution in [2.45, 2.75) is 57.5 Å². The number of benzene rings is 1. The largest absolute Gasteiger partial charge is 0.454 e. The molecule has 1 atom stereocenters. The van der Waals surface area contributed by atoms with Crippen LogP contribution in [0.15, 0.2) is 24.3 Å². The van der Waals surface area contributed by atoms with Gasteiger partial charge in [-0.3, -0.25) is 19.3 Å². The number of rotatable bonds is 7. The molecule has 0 radical (unpaired) electrons. The number of nitrogens with one attached hydrogen (secondary N) is 2. The fraction of sp³-hybridized carbons (Fsp3) is 0.524. The van der Waals surface area contributed by atoms with Crippen molar-refractivity contribution in [1.29, 1.82) is 0 Å². The Balaban J connectivity index is 1.51. The van der Waals surface area contributed by atoms with Crippen molar-refractivity contribution in [2.24, 2.45) is 0 Å². The van der Waals surface area contributed by atoms with E-state index in [9.17, 15) is 19.2 Å². The van der Waals surface area contributed by atoms with Gasteiger partial charge in [-0.05, 0) is 43.2 Å². The van der Waals surface area contributed by atoms with E-state index in [4.69, 9.17) is 4.74 Å². The maximum Gasteiger partial charge on any atom is 0.326 e. The Hall–Kier alpha value is -2.90. The fourth-order valence-corrected chi connectivity index (χ4v) is 4.01. The highest BCUT2D eigenvalue weighted by molar-refractivity contribution is 6.08. The molecule has 1 aliphatic carbocycles. The van der Waals surface area contributed by atoms with Crippen LogP contribution in [0.3, 0.4) is 0 Å². The van der Waals surface area contributed by atoms with Crippen LogP contribution in [0.1, 0.15) is 56.7 Å². The summed E-state index contributed by atoms with van der Waals surface area (Å²) >= 11 is 0. The Morgan fingerprint density at radius 3 is 2.66 bits per heavy atom. The first-order chi connectivity index (χ1) is 13.9. The highest BCUT2D eigenvalue weighted by atomic mass is 16.5. The molecular weight excluding hydrogens is 374 g/mol. The van der Waals surface area contributed by atoms with Crippen LogP contribution in [0, 0.1) is 0 Å². The van der Waals surface area contributed by atoms with Gasteiger partial charge in [-0.2, -0.15) is 0 Å². The smallest absolute Gasteiger partial charge is 0.326 e. The molecular formula is C21H27N3O5. The number of ether oxygens (including phenoxy) is 1. The third kappa shape index (κ3) is 4.26. The molecule has 0 bridgehead atoms. The van der Waals surface area contributed by atoms with Gasteiger partial charge in [0.1, 0.15) is 12.1 Å². The lowest BCUT2D eigenvalue weighted by atomic mass is 9.88. The average Bonchev–Trinajstić information content (AvgIpc) is 2.97. The molecule has 1 aromatic carbocycles. The highest BCUT2D eigenvalue weighted by Crippen LogP contribution is 2.29. The number of hydrogen-bond acceptors (Lipinski definition) is 5. The Bertz CT molecular complexity index is 818. The zero-order chi connectivity index (χ0) is 21.0. The van der Waals surface area contributed by atoms with Gasteiger partial charge in [0.2, 0.25) is 0 Å². The lowest BCUT2D eigenvalue weighted by Crippen LogP contribution is -2.46. The minimum atomic E-state index is -0.969. The second-order valence-electron chi connectivity index (χ2n) is 7.48. The van der Waals surface area contributed by atoms with Crippen molar-refractivity contribution in [1.82, 2.24) is 15.5 Å². The highest BCUT2D eigenvalue weighted by Gasteiger charge is 2.49. The summed E-state index contributed by atoms with van der Waals surface area (Å²) in [6.45, 7) is 2.65. The molecule has 8 heteroatoms. The van der Waals surface area contributed by atoms with E-state index in [-0.39, 0.29) is 6.04 Å². The number of carbonyl (C=O) groups is 4. The molecule has 3 rings (SSSR count). The molecule has 8 nitrogen and oxygen atoms in total. The molecule has 1 heterocycles. The van der Waals surface area contributed by atoms with Crippen LogP contribution < -0.4 is 10.6 Å². The number of nitrogens with zero attached hydrogens (tertiary/aromatic N) is 1. The van der Waals surface area contributed by atoms with Gasteiger partial charge in [-0.1, -0.05) is 38.1 Å². The summed E-state index contributed by atoms with van der Waals surface area (Å²) in [7, 11) is 0. The number of urea groups is 1. The van der Waals surface area contributed by atoms with Gasteiger partial charge in [-0.25, -0.2) is 4.79 Å². The lowest BCUT2D eigenvalue weighted by molar-refractivity contribution is -0.151. The SMILES string of the molecule is CCC1(CC)NC(=O)N(CC(=O)OCC(=O)N[C@@H]2CCCc3ccccc32)C1=O. The normalized spacial score (nSPS) is 20.1. The topological polar surface area (TPSA) is 105 Å². The third-order valence-electron chi connectivity index (χ3n) is 5.81. The van der Waals surface area contributed by atoms with Crippen LogP contribution in [0.5, 0.6) is 0 Å². The van der Waals surface area contributed by atoms with Crippen molar-refractivity contribution in [3.05, 3.63) is 35.4 Å². The van der Waals surface area contributed by atoms with Crippen LogP contribution >= 0.6 is 0 Å². The van der Waals surface area contributed by atoms with Gasteiger partial charge in [-0.15, -0.1) is 0 Å². The summed E-state index contributed by atoms with van der Waals surface area (Å²) < 4.78 is 5.00. The van der Waals surface area contributed by atoms with Crippen molar-refractivity contribution < 1.29 is 23.9 Å². The van der Waals surface area contributed by atoms with E-state index in [0.717, 1.165) is 29.7 Å². The molecule has 156 valence electrons. The Kier molecular flexibility index (Phi) is 6.20. The summed E-state index contributed by atoms with van der Waals surface area (Å²) in [4.78, 5) is 49.8. The zero-order valence-corrected chi connectivity index (χ0v) is 16.8. The molecule has 1 aromatic rings. The maximum absolute atomic E-state index is 12.5. The quantitative estimate of drug-likeness (QED) is 0.536. The van der Waals surface area contributed by atoms with Gasteiger partial charge in [0.15, 0.2) is 6.61 Å². The zero-order valence-electron chi connectivity index (χ0n) is 16.8. The molecule has 0 unspecified atom stereocenters. The molecule has 4 amide bonds. The second-order valence-corrected chi connectivity index (χ2v) is 7.48. The van der Waals surface area contributed by atoms with Crippen LogP contribution in [0.25, 0.3) is 0 Å². The molecule has 0 spiro atoms. The number of aryl methyl sites for hydroxylation is 1. The van der Waals surface area contributed by atoms with Crippen LogP contribution in [-0.4, -0.2) is 47.4 Å². The van der Waals surface area contributed by atoms with Crippen LogP contribution in [0.2, 0.25) is 0 Å². The second kappa shape index (κ2) is 8.63.